The van der Waals surface area contributed by atoms with Crippen molar-refractivity contribution in [1.29, 1.82) is 0 Å². The van der Waals surface area contributed by atoms with Gasteiger partial charge < -0.3 is 21.5 Å². The van der Waals surface area contributed by atoms with Crippen molar-refractivity contribution in [2.24, 2.45) is 5.73 Å². The number of nitrogens with two attached hydrogens (primary N) is 1. The normalized spacial score (nSPS) is 11.5. The van der Waals surface area contributed by atoms with Crippen LogP contribution in [0.1, 0.15) is 18.4 Å². The van der Waals surface area contributed by atoms with Gasteiger partial charge in [0.2, 0.25) is 5.91 Å². The number of benzene rings is 1. The van der Waals surface area contributed by atoms with Gasteiger partial charge in [-0.2, -0.15) is 0 Å². The highest BCUT2D eigenvalue weighted by Crippen LogP contribution is 2.15. The van der Waals surface area contributed by atoms with Gasteiger partial charge in [-0.3, -0.25) is 4.79 Å². The molecule has 0 radical (unpaired) electrons. The molecule has 114 valence electrons. The molecule has 7 nitrogen and oxygen atoms in total. The topological polar surface area (TPSA) is 122 Å². The number of aryl methyl sites for hydroxylation is 1. The molecule has 0 unspecified atom stereocenters. The fourth-order valence-electron chi connectivity index (χ4n) is 1.59. The Labute approximate surface area is 120 Å². The number of carbonyl (C=O) groups excluding carboxylic acids is 2. The second-order valence-corrected chi connectivity index (χ2v) is 4.45. The van der Waals surface area contributed by atoms with Crippen LogP contribution in [-0.2, 0) is 9.59 Å². The third-order valence-corrected chi connectivity index (χ3v) is 2.73. The molecule has 5 N–H and O–H groups in total. The fourth-order valence-corrected chi connectivity index (χ4v) is 1.59. The lowest BCUT2D eigenvalue weighted by atomic mass is 10.1. The zero-order valence-corrected chi connectivity index (χ0v) is 11.4. The van der Waals surface area contributed by atoms with E-state index in [2.05, 4.69) is 10.6 Å². The van der Waals surface area contributed by atoms with E-state index in [4.69, 9.17) is 10.8 Å². The number of aliphatic carboxylic acids is 1. The van der Waals surface area contributed by atoms with E-state index in [0.717, 1.165) is 6.07 Å². The number of hydrogen-bond acceptors (Lipinski definition) is 3. The first-order valence-corrected chi connectivity index (χ1v) is 6.14. The van der Waals surface area contributed by atoms with E-state index in [1.54, 1.807) is 6.92 Å². The van der Waals surface area contributed by atoms with Crippen molar-refractivity contribution in [3.63, 3.8) is 0 Å². The Morgan fingerprint density at radius 3 is 2.62 bits per heavy atom. The Morgan fingerprint density at radius 2 is 2.05 bits per heavy atom. The summed E-state index contributed by atoms with van der Waals surface area (Å²) in [5.41, 5.74) is 5.78. The summed E-state index contributed by atoms with van der Waals surface area (Å²) in [5, 5.41) is 13.5. The van der Waals surface area contributed by atoms with Crippen LogP contribution in [0.5, 0.6) is 0 Å². The average Bonchev–Trinajstić information content (AvgIpc) is 2.38. The van der Waals surface area contributed by atoms with Gasteiger partial charge in [0, 0.05) is 12.1 Å². The minimum absolute atomic E-state index is 0.125. The zero-order valence-electron chi connectivity index (χ0n) is 11.4. The third-order valence-electron chi connectivity index (χ3n) is 2.73. The van der Waals surface area contributed by atoms with E-state index in [1.165, 1.54) is 12.1 Å². The lowest BCUT2D eigenvalue weighted by molar-refractivity contribution is -0.139. The highest BCUT2D eigenvalue weighted by Gasteiger charge is 2.20. The van der Waals surface area contributed by atoms with Crippen LogP contribution in [-0.4, -0.2) is 29.1 Å². The van der Waals surface area contributed by atoms with Crippen molar-refractivity contribution >= 4 is 23.6 Å². The number of carbonyl (C=O) groups is 3. The van der Waals surface area contributed by atoms with E-state index >= 15 is 0 Å². The maximum atomic E-state index is 13.1. The zero-order chi connectivity index (χ0) is 16.0. The first-order valence-electron chi connectivity index (χ1n) is 6.14. The molecule has 0 fully saturated rings. The molecule has 21 heavy (non-hydrogen) atoms. The molecule has 0 aliphatic heterocycles. The maximum Gasteiger partial charge on any atom is 0.326 e. The monoisotopic (exact) mass is 297 g/mol. The molecule has 1 atom stereocenters. The number of carboxylic acids is 1. The number of primary amides is 1. The Morgan fingerprint density at radius 1 is 1.38 bits per heavy atom. The molecule has 0 saturated heterocycles. The number of carboxylic acid groups (broad SMARTS) is 1. The first kappa shape index (κ1) is 16.4. The van der Waals surface area contributed by atoms with Crippen LogP contribution in [0, 0.1) is 12.7 Å². The van der Waals surface area contributed by atoms with E-state index in [1.807, 2.05) is 0 Å². The third kappa shape index (κ3) is 5.47. The molecule has 1 aromatic carbocycles. The molecule has 0 bridgehead atoms. The predicted molar refractivity (Wildman–Crippen MR) is 73.1 cm³/mol. The van der Waals surface area contributed by atoms with Gasteiger partial charge in [0.25, 0.3) is 0 Å². The van der Waals surface area contributed by atoms with Crippen molar-refractivity contribution < 1.29 is 23.9 Å². The quantitative estimate of drug-likeness (QED) is 0.625. The van der Waals surface area contributed by atoms with Crippen LogP contribution in [0.2, 0.25) is 0 Å². The van der Waals surface area contributed by atoms with Gasteiger partial charge in [-0.25, -0.2) is 14.0 Å². The van der Waals surface area contributed by atoms with Crippen molar-refractivity contribution in [2.45, 2.75) is 25.8 Å². The highest BCUT2D eigenvalue weighted by atomic mass is 19.1. The Balaban J connectivity index is 2.67. The molecule has 0 aliphatic rings. The highest BCUT2D eigenvalue weighted by molar-refractivity contribution is 5.93. The second kappa shape index (κ2) is 7.22. The van der Waals surface area contributed by atoms with Crippen molar-refractivity contribution in [1.82, 2.24) is 5.32 Å². The molecule has 1 aromatic rings. The van der Waals surface area contributed by atoms with Crippen LogP contribution in [0.3, 0.4) is 0 Å². The Bertz CT molecular complexity index is 562. The molecular formula is C13H16FN3O4. The van der Waals surface area contributed by atoms with Crippen LogP contribution >= 0.6 is 0 Å². The summed E-state index contributed by atoms with van der Waals surface area (Å²) in [6.45, 7) is 1.66. The second-order valence-electron chi connectivity index (χ2n) is 4.45. The molecule has 1 rings (SSSR count). The van der Waals surface area contributed by atoms with Crippen LogP contribution in [0.15, 0.2) is 18.2 Å². The van der Waals surface area contributed by atoms with Gasteiger partial charge in [0.1, 0.15) is 11.9 Å². The van der Waals surface area contributed by atoms with Crippen molar-refractivity contribution in [3.8, 4) is 0 Å². The number of anilines is 1. The number of nitrogens with one attached hydrogen (secondary N) is 2. The molecule has 0 heterocycles. The molecular weight excluding hydrogens is 281 g/mol. The molecule has 0 aromatic heterocycles. The van der Waals surface area contributed by atoms with Crippen LogP contribution < -0.4 is 16.4 Å². The van der Waals surface area contributed by atoms with Gasteiger partial charge in [0.15, 0.2) is 0 Å². The van der Waals surface area contributed by atoms with Gasteiger partial charge in [-0.15, -0.1) is 0 Å². The fraction of sp³-hybridized carbons (Fsp3) is 0.308. The first-order chi connectivity index (χ1) is 9.79. The lowest BCUT2D eigenvalue weighted by Crippen LogP contribution is -2.43. The van der Waals surface area contributed by atoms with Gasteiger partial charge >= 0.3 is 12.0 Å². The molecule has 0 spiro atoms. The number of halogens is 1. The summed E-state index contributed by atoms with van der Waals surface area (Å²) in [7, 11) is 0. The molecule has 8 heteroatoms. The largest absolute Gasteiger partial charge is 0.480 e. The average molecular weight is 297 g/mol. The predicted octanol–water partition coefficient (Wildman–Crippen LogP) is 0.974. The van der Waals surface area contributed by atoms with Crippen molar-refractivity contribution in [3.05, 3.63) is 29.6 Å². The summed E-state index contributed by atoms with van der Waals surface area (Å²) >= 11 is 0. The van der Waals surface area contributed by atoms with Gasteiger partial charge in [-0.1, -0.05) is 6.07 Å². The SMILES string of the molecule is Cc1ccc(F)cc1NC(=O)N[C@@H](CCC(N)=O)C(=O)O. The number of urea groups is 1. The summed E-state index contributed by atoms with van der Waals surface area (Å²) in [6, 6.07) is 1.78. The number of amides is 3. The minimum atomic E-state index is -1.29. The Hall–Kier alpha value is -2.64. The van der Waals surface area contributed by atoms with E-state index in [-0.39, 0.29) is 18.5 Å². The molecule has 3 amide bonds. The number of hydrogen-bond donors (Lipinski definition) is 4. The number of rotatable bonds is 6. The van der Waals surface area contributed by atoms with E-state index in [0.29, 0.717) is 5.56 Å². The van der Waals surface area contributed by atoms with Gasteiger partial charge in [0.05, 0.1) is 0 Å². The van der Waals surface area contributed by atoms with E-state index < -0.39 is 29.8 Å². The van der Waals surface area contributed by atoms with E-state index in [9.17, 15) is 18.8 Å². The maximum absolute atomic E-state index is 13.1. The summed E-state index contributed by atoms with van der Waals surface area (Å²) in [5.74, 6) is -2.48. The summed E-state index contributed by atoms with van der Waals surface area (Å²) < 4.78 is 13.1. The molecule has 0 aliphatic carbocycles. The summed E-state index contributed by atoms with van der Waals surface area (Å²) in [6.07, 6.45) is -0.295. The van der Waals surface area contributed by atoms with Gasteiger partial charge in [-0.05, 0) is 31.0 Å². The lowest BCUT2D eigenvalue weighted by Gasteiger charge is -2.15. The standard InChI is InChI=1S/C13H16FN3O4/c1-7-2-3-8(14)6-10(7)17-13(21)16-9(12(19)20)4-5-11(15)18/h2-3,6,9H,4-5H2,1H3,(H2,15,18)(H,19,20)(H2,16,17,21)/t9-/m0/s1. The van der Waals surface area contributed by atoms with Crippen molar-refractivity contribution in [2.75, 3.05) is 5.32 Å². The molecule has 0 saturated carbocycles. The summed E-state index contributed by atoms with van der Waals surface area (Å²) in [4.78, 5) is 33.3. The van der Waals surface area contributed by atoms with Crippen LogP contribution in [0.25, 0.3) is 0 Å². The Kier molecular flexibility index (Phi) is 5.65. The smallest absolute Gasteiger partial charge is 0.326 e. The minimum Gasteiger partial charge on any atom is -0.480 e. The van der Waals surface area contributed by atoms with Crippen LogP contribution in [0.4, 0.5) is 14.9 Å².